The van der Waals surface area contributed by atoms with Crippen LogP contribution < -0.4 is 10.2 Å². The number of hydrogen-bond acceptors (Lipinski definition) is 7. The summed E-state index contributed by atoms with van der Waals surface area (Å²) < 4.78 is 5.15. The molecule has 0 spiro atoms. The van der Waals surface area contributed by atoms with Crippen LogP contribution in [0.4, 0.5) is 11.4 Å². The third-order valence-corrected chi connectivity index (χ3v) is 3.56. The van der Waals surface area contributed by atoms with E-state index in [9.17, 15) is 25.0 Å². The van der Waals surface area contributed by atoms with E-state index < -0.39 is 22.4 Å². The molecule has 2 aromatic rings. The van der Waals surface area contributed by atoms with Crippen LogP contribution in [-0.4, -0.2) is 28.6 Å². The van der Waals surface area contributed by atoms with Crippen molar-refractivity contribution in [1.82, 2.24) is 5.43 Å². The Morgan fingerprint density at radius 3 is 2.56 bits per heavy atom. The molecule has 1 N–H and O–H groups in total. The number of nitrogens with zero attached hydrogens (tertiary/aromatic N) is 3. The molecule has 11 heteroatoms. The summed E-state index contributed by atoms with van der Waals surface area (Å²) in [6.07, 6.45) is 1.19. The molecule has 0 aliphatic carbocycles. The maximum absolute atomic E-state index is 11.7. The van der Waals surface area contributed by atoms with Gasteiger partial charge in [-0.05, 0) is 24.6 Å². The van der Waals surface area contributed by atoms with E-state index in [2.05, 4.69) is 10.5 Å². The molecule has 0 aromatic heterocycles. The second kappa shape index (κ2) is 8.72. The van der Waals surface area contributed by atoms with Crippen molar-refractivity contribution in [2.75, 3.05) is 6.61 Å². The van der Waals surface area contributed by atoms with E-state index in [1.165, 1.54) is 36.5 Å². The van der Waals surface area contributed by atoms with Crippen LogP contribution in [0.5, 0.6) is 5.75 Å². The van der Waals surface area contributed by atoms with Crippen molar-refractivity contribution in [2.24, 2.45) is 5.10 Å². The molecule has 1 amide bonds. The molecular weight excluding hydrogens is 380 g/mol. The number of nitro groups is 2. The number of hydrogen-bond donors (Lipinski definition) is 1. The van der Waals surface area contributed by atoms with Crippen molar-refractivity contribution in [3.05, 3.63) is 72.8 Å². The monoisotopic (exact) mass is 392 g/mol. The highest BCUT2D eigenvalue weighted by Crippen LogP contribution is 2.27. The summed E-state index contributed by atoms with van der Waals surface area (Å²) in [5.41, 5.74) is 2.65. The van der Waals surface area contributed by atoms with Gasteiger partial charge in [0, 0.05) is 17.7 Å². The highest BCUT2D eigenvalue weighted by molar-refractivity contribution is 6.32. The van der Waals surface area contributed by atoms with Crippen molar-refractivity contribution < 1.29 is 19.4 Å². The molecule has 0 saturated carbocycles. The van der Waals surface area contributed by atoms with Crippen LogP contribution in [0.1, 0.15) is 11.1 Å². The van der Waals surface area contributed by atoms with E-state index in [0.29, 0.717) is 11.1 Å². The highest BCUT2D eigenvalue weighted by Gasteiger charge is 2.16. The minimum atomic E-state index is -0.662. The number of hydrazone groups is 1. The van der Waals surface area contributed by atoms with Gasteiger partial charge in [-0.1, -0.05) is 23.7 Å². The lowest BCUT2D eigenvalue weighted by Crippen LogP contribution is -2.24. The summed E-state index contributed by atoms with van der Waals surface area (Å²) >= 11 is 5.70. The lowest BCUT2D eigenvalue weighted by Gasteiger charge is -2.06. The molecule has 0 aliphatic rings. The van der Waals surface area contributed by atoms with Gasteiger partial charge in [-0.15, -0.1) is 0 Å². The van der Waals surface area contributed by atoms with Crippen molar-refractivity contribution in [3.63, 3.8) is 0 Å². The molecule has 0 unspecified atom stereocenters. The molecular formula is C16H13ClN4O6. The van der Waals surface area contributed by atoms with Crippen LogP contribution in [-0.2, 0) is 4.79 Å². The smallest absolute Gasteiger partial charge is 0.311 e. The molecule has 0 heterocycles. The van der Waals surface area contributed by atoms with Crippen LogP contribution in [0.15, 0.2) is 41.5 Å². The van der Waals surface area contributed by atoms with Crippen molar-refractivity contribution in [2.45, 2.75) is 6.92 Å². The van der Waals surface area contributed by atoms with Gasteiger partial charge in [0.15, 0.2) is 12.4 Å². The molecule has 2 aromatic carbocycles. The van der Waals surface area contributed by atoms with Crippen LogP contribution in [0.25, 0.3) is 0 Å². The Bertz CT molecular complexity index is 931. The molecule has 0 bridgehead atoms. The maximum Gasteiger partial charge on any atom is 0.311 e. The standard InChI is InChI=1S/C16H13ClN4O6/c1-10-2-5-15(14(6-10)21(25)26)27-9-16(22)19-18-8-11-3-4-12(17)13(7-11)20(23)24/h2-8H,9H2,1H3,(H,19,22)/b18-8+. The minimum Gasteiger partial charge on any atom is -0.477 e. The Morgan fingerprint density at radius 2 is 1.89 bits per heavy atom. The number of carbonyl (C=O) groups excluding carboxylic acids is 1. The van der Waals surface area contributed by atoms with Crippen LogP contribution in [0.3, 0.4) is 0 Å². The third-order valence-electron chi connectivity index (χ3n) is 3.24. The van der Waals surface area contributed by atoms with Gasteiger partial charge in [-0.25, -0.2) is 5.43 Å². The van der Waals surface area contributed by atoms with Gasteiger partial charge in [-0.3, -0.25) is 25.0 Å². The summed E-state index contributed by atoms with van der Waals surface area (Å²) in [5, 5.41) is 25.4. The zero-order chi connectivity index (χ0) is 20.0. The quantitative estimate of drug-likeness (QED) is 0.436. The van der Waals surface area contributed by atoms with E-state index in [1.807, 2.05) is 0 Å². The number of nitro benzene ring substituents is 2. The first-order chi connectivity index (χ1) is 12.8. The fourth-order valence-electron chi connectivity index (χ4n) is 2.00. The second-order valence-electron chi connectivity index (χ2n) is 5.28. The number of ether oxygens (including phenoxy) is 1. The topological polar surface area (TPSA) is 137 Å². The van der Waals surface area contributed by atoms with Crippen molar-refractivity contribution in [3.8, 4) is 5.75 Å². The van der Waals surface area contributed by atoms with Crippen LogP contribution in [0, 0.1) is 27.2 Å². The average Bonchev–Trinajstić information content (AvgIpc) is 2.61. The third kappa shape index (κ3) is 5.47. The fraction of sp³-hybridized carbons (Fsp3) is 0.125. The summed E-state index contributed by atoms with van der Waals surface area (Å²) in [6.45, 7) is 1.20. The molecule has 0 atom stereocenters. The predicted molar refractivity (Wildman–Crippen MR) is 97.2 cm³/mol. The molecule has 0 radical (unpaired) electrons. The van der Waals surface area contributed by atoms with Crippen molar-refractivity contribution >= 4 is 35.1 Å². The number of nitrogens with one attached hydrogen (secondary N) is 1. The Kier molecular flexibility index (Phi) is 6.39. The van der Waals surface area contributed by atoms with Crippen molar-refractivity contribution in [1.29, 1.82) is 0 Å². The second-order valence-corrected chi connectivity index (χ2v) is 5.69. The van der Waals surface area contributed by atoms with E-state index in [0.717, 1.165) is 0 Å². The molecule has 0 fully saturated rings. The Hall–Kier alpha value is -3.53. The zero-order valence-corrected chi connectivity index (χ0v) is 14.7. The molecule has 2 rings (SSSR count). The molecule has 27 heavy (non-hydrogen) atoms. The maximum atomic E-state index is 11.7. The molecule has 10 nitrogen and oxygen atoms in total. The number of benzene rings is 2. The lowest BCUT2D eigenvalue weighted by molar-refractivity contribution is -0.385. The molecule has 140 valence electrons. The molecule has 0 aliphatic heterocycles. The first-order valence-corrected chi connectivity index (χ1v) is 7.79. The van der Waals surface area contributed by atoms with Crippen LogP contribution in [0.2, 0.25) is 5.02 Å². The first-order valence-electron chi connectivity index (χ1n) is 7.41. The van der Waals surface area contributed by atoms with E-state index >= 15 is 0 Å². The Morgan fingerprint density at radius 1 is 1.19 bits per heavy atom. The van der Waals surface area contributed by atoms with Crippen LogP contribution >= 0.6 is 11.6 Å². The number of amides is 1. The summed E-state index contributed by atoms with van der Waals surface area (Å²) in [5.74, 6) is -0.706. The number of aryl methyl sites for hydroxylation is 1. The normalized spacial score (nSPS) is 10.6. The zero-order valence-electron chi connectivity index (χ0n) is 13.9. The van der Waals surface area contributed by atoms with Gasteiger partial charge in [0.1, 0.15) is 5.02 Å². The first kappa shape index (κ1) is 19.8. The van der Waals surface area contributed by atoms with E-state index in [-0.39, 0.29) is 22.1 Å². The van der Waals surface area contributed by atoms with E-state index in [4.69, 9.17) is 16.3 Å². The Labute approximate surface area is 157 Å². The summed E-state index contributed by atoms with van der Waals surface area (Å²) in [6, 6.07) is 8.37. The number of halogens is 1. The molecule has 0 saturated heterocycles. The predicted octanol–water partition coefficient (Wildman–Crippen LogP) is 2.99. The SMILES string of the molecule is Cc1ccc(OCC(=O)N/N=C/c2ccc(Cl)c([N+](=O)[O-])c2)c([N+](=O)[O-])c1. The minimum absolute atomic E-state index is 0.0192. The highest BCUT2D eigenvalue weighted by atomic mass is 35.5. The fourth-order valence-corrected chi connectivity index (χ4v) is 2.18. The summed E-state index contributed by atoms with van der Waals surface area (Å²) in [4.78, 5) is 32.3. The van der Waals surface area contributed by atoms with Gasteiger partial charge in [0.05, 0.1) is 16.1 Å². The van der Waals surface area contributed by atoms with Gasteiger partial charge in [0.25, 0.3) is 11.6 Å². The largest absolute Gasteiger partial charge is 0.477 e. The lowest BCUT2D eigenvalue weighted by atomic mass is 10.2. The number of rotatable bonds is 7. The number of carbonyl (C=O) groups is 1. The van der Waals surface area contributed by atoms with Gasteiger partial charge < -0.3 is 4.74 Å². The van der Waals surface area contributed by atoms with Gasteiger partial charge in [0.2, 0.25) is 0 Å². The van der Waals surface area contributed by atoms with Gasteiger partial charge >= 0.3 is 5.69 Å². The summed E-state index contributed by atoms with van der Waals surface area (Å²) in [7, 11) is 0. The van der Waals surface area contributed by atoms with Gasteiger partial charge in [-0.2, -0.15) is 5.10 Å². The van der Waals surface area contributed by atoms with E-state index in [1.54, 1.807) is 13.0 Å². The Balaban J connectivity index is 1.96. The average molecular weight is 393 g/mol.